The number of halogens is 2. The van der Waals surface area contributed by atoms with Crippen LogP contribution in [-0.4, -0.2) is 13.6 Å². The minimum Gasteiger partial charge on any atom is -0.289 e. The highest BCUT2D eigenvalue weighted by atomic mass is 19.2. The Morgan fingerprint density at radius 3 is 2.55 bits per heavy atom. The number of ketones is 1. The highest BCUT2D eigenvalue weighted by Crippen LogP contribution is 2.29. The first-order chi connectivity index (χ1) is 9.56. The molecule has 0 spiro atoms. The maximum Gasteiger partial charge on any atom is 0.189 e. The van der Waals surface area contributed by atoms with Crippen molar-refractivity contribution in [1.29, 1.82) is 0 Å². The number of rotatable bonds is 1. The minimum absolute atomic E-state index is 0.227. The van der Waals surface area contributed by atoms with E-state index in [1.165, 1.54) is 0 Å². The first-order valence-electron chi connectivity index (χ1n) is 6.14. The summed E-state index contributed by atoms with van der Waals surface area (Å²) >= 11 is 0. The van der Waals surface area contributed by atoms with E-state index in [2.05, 4.69) is 0 Å². The van der Waals surface area contributed by atoms with Gasteiger partial charge in [0.2, 0.25) is 0 Å². The molecule has 4 heteroatoms. The van der Waals surface area contributed by atoms with Crippen molar-refractivity contribution in [3.8, 4) is 0 Å². The average Bonchev–Trinajstić information content (AvgIpc) is 2.70. The van der Waals surface area contributed by atoms with Gasteiger partial charge in [-0.1, -0.05) is 29.7 Å². The molecule has 1 nitrogen and oxygen atoms in total. The fourth-order valence-corrected chi connectivity index (χ4v) is 2.35. The number of fused-ring (bicyclic) bond motifs is 1. The summed E-state index contributed by atoms with van der Waals surface area (Å²) in [6.07, 6.45) is 1.97. The van der Waals surface area contributed by atoms with Crippen molar-refractivity contribution < 1.29 is 13.6 Å². The van der Waals surface area contributed by atoms with Gasteiger partial charge in [-0.15, -0.1) is 0 Å². The Hall–Kier alpha value is -2.23. The van der Waals surface area contributed by atoms with Crippen LogP contribution in [0, 0.1) is 11.6 Å². The van der Waals surface area contributed by atoms with E-state index in [1.807, 2.05) is 6.07 Å². The van der Waals surface area contributed by atoms with E-state index >= 15 is 0 Å². The van der Waals surface area contributed by atoms with Gasteiger partial charge in [0.15, 0.2) is 17.4 Å². The molecule has 96 valence electrons. The lowest BCUT2D eigenvalue weighted by Crippen LogP contribution is -2.06. The lowest BCUT2D eigenvalue weighted by Gasteiger charge is -2.01. The van der Waals surface area contributed by atoms with E-state index in [0.717, 1.165) is 17.7 Å². The van der Waals surface area contributed by atoms with Gasteiger partial charge in [-0.05, 0) is 29.3 Å². The van der Waals surface area contributed by atoms with E-state index in [9.17, 15) is 13.6 Å². The zero-order valence-electron chi connectivity index (χ0n) is 10.5. The van der Waals surface area contributed by atoms with Gasteiger partial charge in [-0.3, -0.25) is 4.79 Å². The topological polar surface area (TPSA) is 17.1 Å². The van der Waals surface area contributed by atoms with Crippen LogP contribution in [-0.2, 0) is 6.42 Å². The molecule has 0 amide bonds. The molecular formula is C16H9BF2O. The Morgan fingerprint density at radius 2 is 1.80 bits per heavy atom. The maximum atomic E-state index is 13.2. The predicted molar refractivity (Wildman–Crippen MR) is 74.2 cm³/mol. The lowest BCUT2D eigenvalue weighted by molar-refractivity contribution is 0.104. The highest BCUT2D eigenvalue weighted by Gasteiger charge is 2.26. The molecule has 3 rings (SSSR count). The van der Waals surface area contributed by atoms with Crippen molar-refractivity contribution in [2.45, 2.75) is 6.42 Å². The third-order valence-electron chi connectivity index (χ3n) is 3.39. The van der Waals surface area contributed by atoms with Gasteiger partial charge in [0.1, 0.15) is 7.85 Å². The standard InChI is InChI=1S/C16H9BF2O/c17-13-4-2-1-3-9(13)5-11-6-10-7-14(18)15(19)8-12(10)16(11)20/h1-5,7-8H,6H2/b11-5+. The van der Waals surface area contributed by atoms with E-state index in [0.29, 0.717) is 23.0 Å². The summed E-state index contributed by atoms with van der Waals surface area (Å²) in [5.74, 6) is -2.21. The van der Waals surface area contributed by atoms with Crippen molar-refractivity contribution in [2.24, 2.45) is 0 Å². The summed E-state index contributed by atoms with van der Waals surface area (Å²) in [6.45, 7) is 0. The molecule has 1 aliphatic rings. The molecule has 0 aromatic heterocycles. The van der Waals surface area contributed by atoms with E-state index in [-0.39, 0.29) is 11.3 Å². The molecule has 0 bridgehead atoms. The molecule has 2 aromatic carbocycles. The highest BCUT2D eigenvalue weighted by molar-refractivity contribution is 6.34. The fourth-order valence-electron chi connectivity index (χ4n) is 2.35. The first kappa shape index (κ1) is 12.8. The molecule has 0 fully saturated rings. The van der Waals surface area contributed by atoms with Crippen LogP contribution >= 0.6 is 0 Å². The van der Waals surface area contributed by atoms with Gasteiger partial charge in [0.05, 0.1) is 0 Å². The number of carbonyl (C=O) groups is 1. The van der Waals surface area contributed by atoms with Crippen LogP contribution < -0.4 is 5.46 Å². The normalized spacial score (nSPS) is 15.7. The maximum absolute atomic E-state index is 13.2. The molecule has 0 atom stereocenters. The fraction of sp³-hybridized carbons (Fsp3) is 0.0625. The summed E-state index contributed by atoms with van der Waals surface area (Å²) in [5, 5.41) is 0. The van der Waals surface area contributed by atoms with Crippen LogP contribution in [0.3, 0.4) is 0 Å². The molecule has 1 aliphatic carbocycles. The van der Waals surface area contributed by atoms with Crippen LogP contribution in [0.1, 0.15) is 21.5 Å². The molecule has 0 aliphatic heterocycles. The van der Waals surface area contributed by atoms with Crippen LogP contribution in [0.15, 0.2) is 42.0 Å². The molecule has 0 saturated heterocycles. The zero-order chi connectivity index (χ0) is 14.3. The van der Waals surface area contributed by atoms with E-state index in [1.54, 1.807) is 24.3 Å². The summed E-state index contributed by atoms with van der Waals surface area (Å²) in [7, 11) is 5.82. The van der Waals surface area contributed by atoms with Gasteiger partial charge >= 0.3 is 0 Å². The van der Waals surface area contributed by atoms with Crippen molar-refractivity contribution in [2.75, 3.05) is 0 Å². The van der Waals surface area contributed by atoms with E-state index in [4.69, 9.17) is 7.85 Å². The van der Waals surface area contributed by atoms with Gasteiger partial charge in [0.25, 0.3) is 0 Å². The third kappa shape index (κ3) is 2.07. The van der Waals surface area contributed by atoms with Gasteiger partial charge in [0, 0.05) is 17.6 Å². The van der Waals surface area contributed by atoms with Crippen LogP contribution in [0.2, 0.25) is 0 Å². The van der Waals surface area contributed by atoms with Crippen molar-refractivity contribution in [3.63, 3.8) is 0 Å². The van der Waals surface area contributed by atoms with Gasteiger partial charge in [-0.25, -0.2) is 8.78 Å². The minimum atomic E-state index is -1.00. The third-order valence-corrected chi connectivity index (χ3v) is 3.39. The zero-order valence-corrected chi connectivity index (χ0v) is 10.5. The Morgan fingerprint density at radius 1 is 1.10 bits per heavy atom. The first-order valence-corrected chi connectivity index (χ1v) is 6.14. The second-order valence-electron chi connectivity index (χ2n) is 4.73. The molecule has 2 radical (unpaired) electrons. The Kier molecular flexibility index (Phi) is 3.01. The van der Waals surface area contributed by atoms with Crippen LogP contribution in [0.5, 0.6) is 0 Å². The SMILES string of the molecule is [B]c1ccccc1/C=C1\Cc2cc(F)c(F)cc2C1=O. The number of carbonyl (C=O) groups excluding carboxylic acids is 1. The summed E-state index contributed by atoms with van der Waals surface area (Å²) < 4.78 is 26.4. The summed E-state index contributed by atoms with van der Waals surface area (Å²) in [6, 6.07) is 9.18. The Bertz CT molecular complexity index is 750. The molecule has 0 heterocycles. The average molecular weight is 266 g/mol. The summed E-state index contributed by atoms with van der Waals surface area (Å²) in [5.41, 5.74) is 2.51. The lowest BCUT2D eigenvalue weighted by atomic mass is 9.89. The van der Waals surface area contributed by atoms with Crippen molar-refractivity contribution in [1.82, 2.24) is 0 Å². The molecular weight excluding hydrogens is 257 g/mol. The van der Waals surface area contributed by atoms with Crippen molar-refractivity contribution in [3.05, 3.63) is 70.3 Å². The van der Waals surface area contributed by atoms with E-state index < -0.39 is 11.6 Å². The predicted octanol–water partition coefficient (Wildman–Crippen LogP) is 2.58. The second-order valence-corrected chi connectivity index (χ2v) is 4.73. The molecule has 0 unspecified atom stereocenters. The summed E-state index contributed by atoms with van der Waals surface area (Å²) in [4.78, 5) is 12.2. The number of benzene rings is 2. The molecule has 2 aromatic rings. The number of hydrogen-bond donors (Lipinski definition) is 0. The van der Waals surface area contributed by atoms with Crippen LogP contribution in [0.25, 0.3) is 6.08 Å². The van der Waals surface area contributed by atoms with Crippen molar-refractivity contribution >= 4 is 25.2 Å². The smallest absolute Gasteiger partial charge is 0.189 e. The quantitative estimate of drug-likeness (QED) is 0.572. The molecule has 20 heavy (non-hydrogen) atoms. The Labute approximate surface area is 116 Å². The number of hydrogen-bond acceptors (Lipinski definition) is 1. The molecule has 0 N–H and O–H groups in total. The van der Waals surface area contributed by atoms with Gasteiger partial charge in [-0.2, -0.15) is 0 Å². The monoisotopic (exact) mass is 266 g/mol. The van der Waals surface area contributed by atoms with Crippen LogP contribution in [0.4, 0.5) is 8.78 Å². The number of Topliss-reactive ketones (excluding diaryl/α,β-unsaturated/α-hetero) is 1. The number of allylic oxidation sites excluding steroid dienone is 1. The van der Waals surface area contributed by atoms with Gasteiger partial charge < -0.3 is 0 Å². The molecule has 0 saturated carbocycles. The second kappa shape index (κ2) is 4.71. The largest absolute Gasteiger partial charge is 0.289 e. The Balaban J connectivity index is 2.04.